The molecule has 0 aromatic rings. The lowest BCUT2D eigenvalue weighted by atomic mass is 9.92. The minimum atomic E-state index is -4.39. The molecule has 0 aliphatic rings. The van der Waals surface area contributed by atoms with Crippen molar-refractivity contribution < 1.29 is 26.4 Å². The molecule has 0 aliphatic carbocycles. The zero-order valence-corrected chi connectivity index (χ0v) is 14.6. The van der Waals surface area contributed by atoms with E-state index >= 15 is 0 Å². The van der Waals surface area contributed by atoms with Crippen LogP contribution in [0.5, 0.6) is 0 Å². The van der Waals surface area contributed by atoms with Gasteiger partial charge < -0.3 is 5.32 Å². The number of halogens is 3. The second kappa shape index (κ2) is 7.19. The maximum Gasteiger partial charge on any atom is 0.389 e. The van der Waals surface area contributed by atoms with Crippen molar-refractivity contribution in [3.8, 4) is 0 Å². The van der Waals surface area contributed by atoms with E-state index in [9.17, 15) is 26.4 Å². The maximum absolute atomic E-state index is 12.1. The van der Waals surface area contributed by atoms with Crippen LogP contribution in [-0.4, -0.2) is 37.5 Å². The first kappa shape index (κ1) is 21.2. The molecule has 0 unspecified atom stereocenters. The molecule has 0 radical (unpaired) electrons. The van der Waals surface area contributed by atoms with Gasteiger partial charge in [0.2, 0.25) is 5.91 Å². The lowest BCUT2D eigenvalue weighted by Gasteiger charge is -2.25. The van der Waals surface area contributed by atoms with E-state index in [4.69, 9.17) is 0 Å². The minimum Gasteiger partial charge on any atom is -0.355 e. The van der Waals surface area contributed by atoms with Gasteiger partial charge in [0.25, 0.3) is 0 Å². The van der Waals surface area contributed by atoms with Gasteiger partial charge in [0, 0.05) is 13.0 Å². The fourth-order valence-electron chi connectivity index (χ4n) is 1.62. The largest absolute Gasteiger partial charge is 0.389 e. The highest BCUT2D eigenvalue weighted by Gasteiger charge is 2.41. The highest BCUT2D eigenvalue weighted by molar-refractivity contribution is 7.93. The van der Waals surface area contributed by atoms with Crippen LogP contribution in [0.25, 0.3) is 0 Å². The first-order chi connectivity index (χ1) is 9.58. The van der Waals surface area contributed by atoms with Gasteiger partial charge in [0.05, 0.1) is 5.75 Å². The van der Waals surface area contributed by atoms with Crippen LogP contribution in [0.4, 0.5) is 13.2 Å². The summed E-state index contributed by atoms with van der Waals surface area (Å²) >= 11 is 0. The number of carbonyl (C=O) groups is 1. The lowest BCUT2D eigenvalue weighted by molar-refractivity contribution is -0.134. The minimum absolute atomic E-state index is 0.0109. The van der Waals surface area contributed by atoms with E-state index in [0.717, 1.165) is 0 Å². The van der Waals surface area contributed by atoms with Gasteiger partial charge in [0.1, 0.15) is 4.75 Å². The first-order valence-electron chi connectivity index (χ1n) is 7.16. The van der Waals surface area contributed by atoms with Crippen LogP contribution in [-0.2, 0) is 14.6 Å². The average molecular weight is 345 g/mol. The molecule has 8 heteroatoms. The number of carbonyl (C=O) groups excluding carboxylic acids is 1. The normalized spacial score (nSPS) is 14.0. The molecule has 4 nitrogen and oxygen atoms in total. The van der Waals surface area contributed by atoms with Gasteiger partial charge in [-0.2, -0.15) is 13.2 Å². The van der Waals surface area contributed by atoms with E-state index in [0.29, 0.717) is 13.0 Å². The molecule has 132 valence electrons. The van der Waals surface area contributed by atoms with Crippen molar-refractivity contribution in [2.24, 2.45) is 5.41 Å². The van der Waals surface area contributed by atoms with Crippen molar-refractivity contribution in [2.45, 2.75) is 64.8 Å². The lowest BCUT2D eigenvalue weighted by Crippen LogP contribution is -2.49. The zero-order valence-electron chi connectivity index (χ0n) is 13.8. The van der Waals surface area contributed by atoms with E-state index in [1.165, 1.54) is 13.8 Å². The third kappa shape index (κ3) is 7.47. The fraction of sp³-hybridized carbons (Fsp3) is 0.929. The molecule has 0 heterocycles. The summed E-state index contributed by atoms with van der Waals surface area (Å²) in [4.78, 5) is 12.0. The van der Waals surface area contributed by atoms with Crippen molar-refractivity contribution >= 4 is 15.7 Å². The van der Waals surface area contributed by atoms with Crippen LogP contribution in [0.2, 0.25) is 0 Å². The molecule has 0 spiro atoms. The molecule has 0 aliphatic heterocycles. The maximum atomic E-state index is 12.1. The summed E-state index contributed by atoms with van der Waals surface area (Å²) in [6, 6.07) is 0. The van der Waals surface area contributed by atoms with Gasteiger partial charge in [-0.15, -0.1) is 0 Å². The molecular formula is C14H26F3NO3S. The molecule has 0 saturated heterocycles. The van der Waals surface area contributed by atoms with Crippen LogP contribution in [0.15, 0.2) is 0 Å². The monoisotopic (exact) mass is 345 g/mol. The van der Waals surface area contributed by atoms with Crippen LogP contribution in [0.1, 0.15) is 53.9 Å². The van der Waals surface area contributed by atoms with E-state index in [1.807, 2.05) is 20.8 Å². The van der Waals surface area contributed by atoms with E-state index < -0.39 is 45.3 Å². The van der Waals surface area contributed by atoms with Gasteiger partial charge in [0.15, 0.2) is 9.84 Å². The molecule has 0 fully saturated rings. The van der Waals surface area contributed by atoms with Crippen LogP contribution < -0.4 is 5.32 Å². The molecule has 1 amide bonds. The Kier molecular flexibility index (Phi) is 6.93. The van der Waals surface area contributed by atoms with Crippen molar-refractivity contribution in [2.75, 3.05) is 12.3 Å². The van der Waals surface area contributed by atoms with Crippen LogP contribution in [0, 0.1) is 5.41 Å². The summed E-state index contributed by atoms with van der Waals surface area (Å²) in [7, 11) is -3.96. The number of hydrogen-bond acceptors (Lipinski definition) is 3. The molecular weight excluding hydrogens is 319 g/mol. The Morgan fingerprint density at radius 2 is 1.50 bits per heavy atom. The summed E-state index contributed by atoms with van der Waals surface area (Å²) in [6.07, 6.45) is -5.43. The van der Waals surface area contributed by atoms with Crippen LogP contribution in [0.3, 0.4) is 0 Å². The summed E-state index contributed by atoms with van der Waals surface area (Å²) in [5, 5.41) is 2.55. The van der Waals surface area contributed by atoms with Gasteiger partial charge >= 0.3 is 6.18 Å². The number of sulfone groups is 1. The van der Waals surface area contributed by atoms with Gasteiger partial charge in [-0.3, -0.25) is 4.79 Å². The Morgan fingerprint density at radius 3 is 1.91 bits per heavy atom. The van der Waals surface area contributed by atoms with E-state index in [2.05, 4.69) is 5.32 Å². The molecule has 0 rings (SSSR count). The highest BCUT2D eigenvalue weighted by Crippen LogP contribution is 2.25. The summed E-state index contributed by atoms with van der Waals surface area (Å²) in [5.41, 5.74) is -0.0109. The molecule has 0 bridgehead atoms. The van der Waals surface area contributed by atoms with Crippen molar-refractivity contribution in [1.29, 1.82) is 0 Å². The third-order valence-electron chi connectivity index (χ3n) is 3.36. The zero-order chi connectivity index (χ0) is 17.8. The van der Waals surface area contributed by atoms with Gasteiger partial charge in [-0.1, -0.05) is 20.8 Å². The quantitative estimate of drug-likeness (QED) is 0.771. The Hall–Kier alpha value is -0.790. The highest BCUT2D eigenvalue weighted by atomic mass is 32.2. The molecule has 1 N–H and O–H groups in total. The molecule has 0 atom stereocenters. The fourth-order valence-corrected chi connectivity index (χ4v) is 3.01. The Bertz CT molecular complexity index is 477. The van der Waals surface area contributed by atoms with Gasteiger partial charge in [-0.25, -0.2) is 8.42 Å². The topological polar surface area (TPSA) is 63.2 Å². The van der Waals surface area contributed by atoms with Gasteiger partial charge in [-0.05, 0) is 32.1 Å². The predicted molar refractivity (Wildman–Crippen MR) is 80.2 cm³/mol. The number of amides is 1. The summed E-state index contributed by atoms with van der Waals surface area (Å²) in [5.74, 6) is -1.34. The Labute approximate surface area is 130 Å². The van der Waals surface area contributed by atoms with Crippen LogP contribution >= 0.6 is 0 Å². The third-order valence-corrected chi connectivity index (χ3v) is 5.92. The molecule has 0 saturated carbocycles. The Morgan fingerprint density at radius 1 is 1.00 bits per heavy atom. The molecule has 0 aromatic heterocycles. The van der Waals surface area contributed by atoms with Crippen molar-refractivity contribution in [3.05, 3.63) is 0 Å². The summed E-state index contributed by atoms with van der Waals surface area (Å²) in [6.45, 7) is 8.73. The molecule has 22 heavy (non-hydrogen) atoms. The van der Waals surface area contributed by atoms with Crippen molar-refractivity contribution in [3.63, 3.8) is 0 Å². The Balaban J connectivity index is 4.65. The van der Waals surface area contributed by atoms with E-state index in [1.54, 1.807) is 0 Å². The SMILES string of the molecule is CC(C)(C)CCNC(=O)C(C)(C)S(=O)(=O)CCCC(F)(F)F. The average Bonchev–Trinajstić information content (AvgIpc) is 2.24. The number of rotatable bonds is 7. The second-order valence-corrected chi connectivity index (χ2v) is 9.77. The number of nitrogens with one attached hydrogen (secondary N) is 1. The first-order valence-corrected chi connectivity index (χ1v) is 8.81. The predicted octanol–water partition coefficient (Wildman–Crippen LogP) is 3.07. The smallest absolute Gasteiger partial charge is 0.355 e. The summed E-state index contributed by atoms with van der Waals surface area (Å²) < 4.78 is 58.8. The number of alkyl halides is 3. The number of hydrogen-bond donors (Lipinski definition) is 1. The van der Waals surface area contributed by atoms with Crippen molar-refractivity contribution in [1.82, 2.24) is 5.32 Å². The second-order valence-electron chi connectivity index (χ2n) is 7.11. The van der Waals surface area contributed by atoms with E-state index in [-0.39, 0.29) is 5.41 Å². The molecule has 0 aromatic carbocycles. The standard InChI is InChI=1S/C14H26F3NO3S/c1-12(2,3)8-9-18-11(19)13(4,5)22(20,21)10-6-7-14(15,16)17/h6-10H2,1-5H3,(H,18,19).